The van der Waals surface area contributed by atoms with E-state index in [-0.39, 0.29) is 10.8 Å². The van der Waals surface area contributed by atoms with E-state index in [1.807, 2.05) is 0 Å². The van der Waals surface area contributed by atoms with Crippen LogP contribution in [0.4, 0.5) is 0 Å². The van der Waals surface area contributed by atoms with Crippen molar-refractivity contribution in [3.63, 3.8) is 0 Å². The lowest BCUT2D eigenvalue weighted by atomic mass is 9.81. The highest BCUT2D eigenvalue weighted by Gasteiger charge is 2.21. The first-order valence-electron chi connectivity index (χ1n) is 7.21. The predicted octanol–water partition coefficient (Wildman–Crippen LogP) is 3.39. The van der Waals surface area contributed by atoms with E-state index in [1.54, 1.807) is 6.07 Å². The first-order chi connectivity index (χ1) is 9.60. The van der Waals surface area contributed by atoms with Gasteiger partial charge in [-0.2, -0.15) is 0 Å². The third kappa shape index (κ3) is 3.82. The highest BCUT2D eigenvalue weighted by atomic mass is 32.1. The van der Waals surface area contributed by atoms with Crippen LogP contribution in [0.1, 0.15) is 58.4 Å². The molecule has 4 nitrogen and oxygen atoms in total. The van der Waals surface area contributed by atoms with Crippen molar-refractivity contribution < 1.29 is 14.7 Å². The second kappa shape index (κ2) is 6.88. The number of carbonyl (C=O) groups is 2. The summed E-state index contributed by atoms with van der Waals surface area (Å²) in [7, 11) is 0. The lowest BCUT2D eigenvalue weighted by Gasteiger charge is -2.27. The molecule has 0 spiro atoms. The Morgan fingerprint density at radius 3 is 2.35 bits per heavy atom. The predicted molar refractivity (Wildman–Crippen MR) is 79.4 cm³/mol. The van der Waals surface area contributed by atoms with Gasteiger partial charge in [-0.05, 0) is 36.8 Å². The van der Waals surface area contributed by atoms with Crippen LogP contribution in [0.15, 0.2) is 12.1 Å². The summed E-state index contributed by atoms with van der Waals surface area (Å²) in [4.78, 5) is 23.4. The van der Waals surface area contributed by atoms with Crippen LogP contribution in [0.2, 0.25) is 0 Å². The minimum Gasteiger partial charge on any atom is -0.477 e. The molecule has 1 aromatic rings. The summed E-state index contributed by atoms with van der Waals surface area (Å²) in [5, 5.41) is 11.8. The summed E-state index contributed by atoms with van der Waals surface area (Å²) in [5.74, 6) is 0.296. The lowest BCUT2D eigenvalue weighted by Crippen LogP contribution is -2.30. The molecule has 0 radical (unpaired) electrons. The van der Waals surface area contributed by atoms with E-state index in [9.17, 15) is 9.59 Å². The number of rotatable bonds is 5. The zero-order chi connectivity index (χ0) is 14.5. The van der Waals surface area contributed by atoms with Crippen LogP contribution in [0.3, 0.4) is 0 Å². The zero-order valence-electron chi connectivity index (χ0n) is 11.7. The molecular weight excluding hydrogens is 274 g/mol. The third-order valence-corrected chi connectivity index (χ3v) is 5.21. The molecule has 0 aromatic carbocycles. The Kier molecular flexibility index (Phi) is 5.17. The van der Waals surface area contributed by atoms with Gasteiger partial charge < -0.3 is 10.4 Å². The van der Waals surface area contributed by atoms with Gasteiger partial charge in [0.2, 0.25) is 0 Å². The molecule has 1 aromatic heterocycles. The normalized spacial score (nSPS) is 22.4. The maximum Gasteiger partial charge on any atom is 0.345 e. The number of hydrogen-bond acceptors (Lipinski definition) is 3. The molecule has 20 heavy (non-hydrogen) atoms. The standard InChI is InChI=1S/C15H21NO3S/c1-2-10-3-5-11(6-4-10)9-16-14(17)12-7-8-13(20-12)15(18)19/h7-8,10-11H,2-6,9H2,1H3,(H,16,17)(H,18,19). The van der Waals surface area contributed by atoms with Gasteiger partial charge in [-0.25, -0.2) is 4.79 Å². The number of carboxylic acids is 1. The Balaban J connectivity index is 1.79. The number of amides is 1. The third-order valence-electron chi connectivity index (χ3n) is 4.14. The van der Waals surface area contributed by atoms with Crippen LogP contribution in [0.5, 0.6) is 0 Å². The second-order valence-electron chi connectivity index (χ2n) is 5.47. The van der Waals surface area contributed by atoms with Crippen molar-refractivity contribution in [2.75, 3.05) is 6.54 Å². The van der Waals surface area contributed by atoms with E-state index >= 15 is 0 Å². The maximum atomic E-state index is 12.0. The van der Waals surface area contributed by atoms with Crippen molar-refractivity contribution in [2.24, 2.45) is 11.8 Å². The first kappa shape index (κ1) is 15.0. The Hall–Kier alpha value is -1.36. The van der Waals surface area contributed by atoms with Crippen molar-refractivity contribution in [1.29, 1.82) is 0 Å². The van der Waals surface area contributed by atoms with Gasteiger partial charge in [0, 0.05) is 6.54 Å². The van der Waals surface area contributed by atoms with Crippen LogP contribution in [-0.4, -0.2) is 23.5 Å². The molecule has 110 valence electrons. The minimum absolute atomic E-state index is 0.153. The van der Waals surface area contributed by atoms with Crippen molar-refractivity contribution in [1.82, 2.24) is 5.32 Å². The molecule has 1 saturated carbocycles. The van der Waals surface area contributed by atoms with Gasteiger partial charge in [-0.15, -0.1) is 11.3 Å². The topological polar surface area (TPSA) is 66.4 Å². The fourth-order valence-electron chi connectivity index (χ4n) is 2.74. The van der Waals surface area contributed by atoms with Gasteiger partial charge in [0.05, 0.1) is 4.88 Å². The van der Waals surface area contributed by atoms with Crippen molar-refractivity contribution in [3.8, 4) is 0 Å². The number of carboxylic acid groups (broad SMARTS) is 1. The summed E-state index contributed by atoms with van der Waals surface area (Å²) in [6, 6.07) is 3.06. The van der Waals surface area contributed by atoms with E-state index in [0.717, 1.165) is 17.3 Å². The van der Waals surface area contributed by atoms with Gasteiger partial charge in [-0.3, -0.25) is 4.79 Å². The molecule has 0 aliphatic heterocycles. The summed E-state index contributed by atoms with van der Waals surface area (Å²) in [5.41, 5.74) is 0. The molecule has 1 amide bonds. The fraction of sp³-hybridized carbons (Fsp3) is 0.600. The summed E-state index contributed by atoms with van der Waals surface area (Å²) in [6.07, 6.45) is 6.15. The van der Waals surface area contributed by atoms with Crippen LogP contribution in [0, 0.1) is 11.8 Å². The molecule has 1 aliphatic carbocycles. The maximum absolute atomic E-state index is 12.0. The van der Waals surface area contributed by atoms with Gasteiger partial charge in [0.25, 0.3) is 5.91 Å². The Bertz CT molecular complexity index is 475. The first-order valence-corrected chi connectivity index (χ1v) is 8.03. The molecular formula is C15H21NO3S. The molecule has 1 fully saturated rings. The van der Waals surface area contributed by atoms with Crippen LogP contribution in [-0.2, 0) is 0 Å². The molecule has 2 N–H and O–H groups in total. The Morgan fingerprint density at radius 1 is 1.20 bits per heavy atom. The highest BCUT2D eigenvalue weighted by Crippen LogP contribution is 2.30. The van der Waals surface area contributed by atoms with Gasteiger partial charge in [0.1, 0.15) is 4.88 Å². The fourth-order valence-corrected chi connectivity index (χ4v) is 3.50. The van der Waals surface area contributed by atoms with Crippen molar-refractivity contribution >= 4 is 23.2 Å². The Labute approximate surface area is 123 Å². The van der Waals surface area contributed by atoms with E-state index in [2.05, 4.69) is 12.2 Å². The Morgan fingerprint density at radius 2 is 1.80 bits per heavy atom. The van der Waals surface area contributed by atoms with E-state index in [4.69, 9.17) is 5.11 Å². The lowest BCUT2D eigenvalue weighted by molar-refractivity contribution is 0.0702. The average molecular weight is 295 g/mol. The molecule has 0 bridgehead atoms. The quantitative estimate of drug-likeness (QED) is 0.875. The molecule has 2 rings (SSSR count). The molecule has 0 saturated heterocycles. The molecule has 0 unspecified atom stereocenters. The number of thiophene rings is 1. The number of aromatic carboxylic acids is 1. The molecule has 5 heteroatoms. The summed E-state index contributed by atoms with van der Waals surface area (Å²) in [6.45, 7) is 2.94. The molecule has 1 heterocycles. The summed E-state index contributed by atoms with van der Waals surface area (Å²) >= 11 is 1.03. The molecule has 1 aliphatic rings. The van der Waals surface area contributed by atoms with E-state index in [0.29, 0.717) is 17.3 Å². The van der Waals surface area contributed by atoms with Gasteiger partial charge >= 0.3 is 5.97 Å². The smallest absolute Gasteiger partial charge is 0.345 e. The second-order valence-corrected chi connectivity index (χ2v) is 6.56. The molecule has 0 atom stereocenters. The summed E-state index contributed by atoms with van der Waals surface area (Å²) < 4.78 is 0. The van der Waals surface area contributed by atoms with Crippen molar-refractivity contribution in [2.45, 2.75) is 39.0 Å². The minimum atomic E-state index is -0.980. The van der Waals surface area contributed by atoms with Gasteiger partial charge in [0.15, 0.2) is 0 Å². The SMILES string of the molecule is CCC1CCC(CNC(=O)c2ccc(C(=O)O)s2)CC1. The van der Waals surface area contributed by atoms with Crippen LogP contribution >= 0.6 is 11.3 Å². The van der Waals surface area contributed by atoms with E-state index in [1.165, 1.54) is 38.2 Å². The monoisotopic (exact) mass is 295 g/mol. The average Bonchev–Trinajstić information content (AvgIpc) is 2.95. The zero-order valence-corrected chi connectivity index (χ0v) is 12.5. The number of carbonyl (C=O) groups excluding carboxylic acids is 1. The number of hydrogen-bond donors (Lipinski definition) is 2. The van der Waals surface area contributed by atoms with Crippen molar-refractivity contribution in [3.05, 3.63) is 21.9 Å². The van der Waals surface area contributed by atoms with E-state index < -0.39 is 5.97 Å². The van der Waals surface area contributed by atoms with Crippen LogP contribution in [0.25, 0.3) is 0 Å². The van der Waals surface area contributed by atoms with Gasteiger partial charge in [-0.1, -0.05) is 26.2 Å². The highest BCUT2D eigenvalue weighted by molar-refractivity contribution is 7.15. The largest absolute Gasteiger partial charge is 0.477 e. The van der Waals surface area contributed by atoms with Crippen LogP contribution < -0.4 is 5.32 Å². The number of nitrogens with one attached hydrogen (secondary N) is 1.